The lowest BCUT2D eigenvalue weighted by Crippen LogP contribution is -2.38. The smallest absolute Gasteiger partial charge is 0.462 e. The average Bonchev–Trinajstić information content (AvgIpc) is 2.97. The van der Waals surface area contributed by atoms with Crippen LogP contribution in [-0.2, 0) is 20.7 Å². The van der Waals surface area contributed by atoms with Crippen LogP contribution < -0.4 is 14.4 Å². The van der Waals surface area contributed by atoms with Gasteiger partial charge in [0.05, 0.1) is 12.8 Å². The second kappa shape index (κ2) is 13.5. The largest absolute Gasteiger partial charge is 0.573 e. The Morgan fingerprint density at radius 3 is 2.02 bits per heavy atom. The Bertz CT molecular complexity index is 1440. The number of alkyl halides is 3. The fraction of sp³-hybridized carbons (Fsp3) is 0.188. The average molecular weight is 564 g/mol. The summed E-state index contributed by atoms with van der Waals surface area (Å²) in [6, 6.07) is 29.3. The number of hydrogen-bond donors (Lipinski definition) is 0. The van der Waals surface area contributed by atoms with Gasteiger partial charge in [0.2, 0.25) is 0 Å². The highest BCUT2D eigenvalue weighted by atomic mass is 19.4. The summed E-state index contributed by atoms with van der Waals surface area (Å²) in [5.41, 5.74) is 2.64. The molecule has 1 amide bonds. The standard InChI is InChI=1S/C32H28F3NO5/c1-39-31(38)30(37)36(21-9-8-12-23-10-4-2-5-11-23)28-22-25(17-20-29(28)40-26-13-6-3-7-14-26)24-15-18-27(19-16-24)41-32(33,34)35/h2-7,10-11,13-20,22H,8-9,12,21H2,1H3. The minimum absolute atomic E-state index is 0.202. The Hall–Kier alpha value is -4.79. The number of benzene rings is 4. The molecule has 0 aliphatic rings. The van der Waals surface area contributed by atoms with E-state index in [1.165, 1.54) is 29.2 Å². The van der Waals surface area contributed by atoms with E-state index in [2.05, 4.69) is 4.74 Å². The maximum absolute atomic E-state index is 13.2. The summed E-state index contributed by atoms with van der Waals surface area (Å²) in [7, 11) is 1.14. The number of methoxy groups -OCH3 is 1. The maximum atomic E-state index is 13.2. The predicted octanol–water partition coefficient (Wildman–Crippen LogP) is 7.57. The zero-order valence-corrected chi connectivity index (χ0v) is 22.3. The van der Waals surface area contributed by atoms with Crippen LogP contribution in [-0.4, -0.2) is 31.9 Å². The van der Waals surface area contributed by atoms with Crippen molar-refractivity contribution >= 4 is 17.6 Å². The molecular formula is C32H28F3NO5. The Balaban J connectivity index is 1.67. The summed E-state index contributed by atoms with van der Waals surface area (Å²) in [4.78, 5) is 27.0. The molecule has 4 rings (SSSR count). The van der Waals surface area contributed by atoms with Gasteiger partial charge >= 0.3 is 18.2 Å². The van der Waals surface area contributed by atoms with E-state index < -0.39 is 18.2 Å². The molecule has 0 atom stereocenters. The summed E-state index contributed by atoms with van der Waals surface area (Å²) in [5.74, 6) is -1.41. The van der Waals surface area contributed by atoms with Crippen LogP contribution in [0.25, 0.3) is 11.1 Å². The van der Waals surface area contributed by atoms with Gasteiger partial charge < -0.3 is 14.2 Å². The zero-order chi connectivity index (χ0) is 29.2. The van der Waals surface area contributed by atoms with Crippen LogP contribution in [0, 0.1) is 0 Å². The number of esters is 1. The van der Waals surface area contributed by atoms with E-state index >= 15 is 0 Å². The number of carbonyl (C=O) groups excluding carboxylic acids is 2. The summed E-state index contributed by atoms with van der Waals surface area (Å²) in [6.45, 7) is 0.202. The van der Waals surface area contributed by atoms with Crippen molar-refractivity contribution in [2.24, 2.45) is 0 Å². The molecule has 0 unspecified atom stereocenters. The van der Waals surface area contributed by atoms with Crippen LogP contribution in [0.5, 0.6) is 17.2 Å². The summed E-state index contributed by atoms with van der Waals surface area (Å²) in [5, 5.41) is 0. The molecule has 4 aromatic carbocycles. The monoisotopic (exact) mass is 563 g/mol. The highest BCUT2D eigenvalue weighted by Crippen LogP contribution is 2.37. The minimum Gasteiger partial charge on any atom is -0.462 e. The second-order valence-corrected chi connectivity index (χ2v) is 9.06. The van der Waals surface area contributed by atoms with Gasteiger partial charge in [0.15, 0.2) is 5.75 Å². The predicted molar refractivity (Wildman–Crippen MR) is 149 cm³/mol. The van der Waals surface area contributed by atoms with Gasteiger partial charge in [-0.05, 0) is 72.4 Å². The van der Waals surface area contributed by atoms with E-state index in [1.807, 2.05) is 36.4 Å². The lowest BCUT2D eigenvalue weighted by molar-refractivity contribution is -0.274. The number of anilines is 1. The summed E-state index contributed by atoms with van der Waals surface area (Å²) >= 11 is 0. The van der Waals surface area contributed by atoms with Crippen LogP contribution in [0.3, 0.4) is 0 Å². The van der Waals surface area contributed by atoms with Gasteiger partial charge in [0.25, 0.3) is 0 Å². The fourth-order valence-corrected chi connectivity index (χ4v) is 4.23. The SMILES string of the molecule is COC(=O)C(=O)N(CCCCc1ccccc1)c1cc(-c2ccc(OC(F)(F)F)cc2)ccc1Oc1ccccc1. The van der Waals surface area contributed by atoms with Crippen molar-refractivity contribution in [3.63, 3.8) is 0 Å². The highest BCUT2D eigenvalue weighted by molar-refractivity contribution is 6.38. The summed E-state index contributed by atoms with van der Waals surface area (Å²) < 4.78 is 52.7. The molecule has 0 N–H and O–H groups in total. The Morgan fingerprint density at radius 1 is 0.756 bits per heavy atom. The topological polar surface area (TPSA) is 65.1 Å². The molecule has 0 fully saturated rings. The number of nitrogens with zero attached hydrogens (tertiary/aromatic N) is 1. The molecule has 0 aliphatic heterocycles. The molecule has 0 aromatic heterocycles. The number of ether oxygens (including phenoxy) is 3. The lowest BCUT2D eigenvalue weighted by atomic mass is 10.0. The third kappa shape index (κ3) is 8.35. The molecule has 0 heterocycles. The number of unbranched alkanes of at least 4 members (excludes halogenated alkanes) is 1. The first kappa shape index (κ1) is 29.2. The second-order valence-electron chi connectivity index (χ2n) is 9.06. The van der Waals surface area contributed by atoms with E-state index in [0.717, 1.165) is 25.5 Å². The molecule has 0 spiro atoms. The maximum Gasteiger partial charge on any atom is 0.573 e. The number of amides is 1. The first-order valence-corrected chi connectivity index (χ1v) is 12.9. The molecule has 9 heteroatoms. The zero-order valence-electron chi connectivity index (χ0n) is 22.3. The van der Waals surface area contributed by atoms with Crippen molar-refractivity contribution in [2.45, 2.75) is 25.6 Å². The van der Waals surface area contributed by atoms with Gasteiger partial charge in [-0.15, -0.1) is 13.2 Å². The fourth-order valence-electron chi connectivity index (χ4n) is 4.23. The van der Waals surface area contributed by atoms with Crippen molar-refractivity contribution in [3.8, 4) is 28.4 Å². The quantitative estimate of drug-likeness (QED) is 0.113. The van der Waals surface area contributed by atoms with Gasteiger partial charge in [-0.1, -0.05) is 66.7 Å². The van der Waals surface area contributed by atoms with Crippen LogP contribution in [0.15, 0.2) is 103 Å². The summed E-state index contributed by atoms with van der Waals surface area (Å²) in [6.07, 6.45) is -2.68. The molecule has 4 aromatic rings. The van der Waals surface area contributed by atoms with E-state index in [-0.39, 0.29) is 12.3 Å². The van der Waals surface area contributed by atoms with E-state index in [9.17, 15) is 22.8 Å². The number of rotatable bonds is 10. The number of hydrogen-bond acceptors (Lipinski definition) is 5. The Labute approximate surface area is 235 Å². The molecule has 41 heavy (non-hydrogen) atoms. The molecule has 0 aliphatic carbocycles. The number of para-hydroxylation sites is 1. The third-order valence-corrected chi connectivity index (χ3v) is 6.19. The molecule has 6 nitrogen and oxygen atoms in total. The van der Waals surface area contributed by atoms with Crippen molar-refractivity contribution in [1.82, 2.24) is 0 Å². The molecular weight excluding hydrogens is 535 g/mol. The van der Waals surface area contributed by atoms with Gasteiger partial charge in [-0.3, -0.25) is 9.69 Å². The van der Waals surface area contributed by atoms with Crippen LogP contribution in [0.2, 0.25) is 0 Å². The van der Waals surface area contributed by atoms with Gasteiger partial charge in [-0.2, -0.15) is 0 Å². The van der Waals surface area contributed by atoms with Gasteiger partial charge in [0.1, 0.15) is 11.5 Å². The van der Waals surface area contributed by atoms with Gasteiger partial charge in [0, 0.05) is 6.54 Å². The number of halogens is 3. The van der Waals surface area contributed by atoms with E-state index in [1.54, 1.807) is 42.5 Å². The van der Waals surface area contributed by atoms with E-state index in [4.69, 9.17) is 9.47 Å². The number of carbonyl (C=O) groups is 2. The van der Waals surface area contributed by atoms with Crippen LogP contribution in [0.4, 0.5) is 18.9 Å². The molecule has 0 saturated heterocycles. The number of aryl methyl sites for hydroxylation is 1. The molecule has 0 radical (unpaired) electrons. The van der Waals surface area contributed by atoms with Crippen LogP contribution in [0.1, 0.15) is 18.4 Å². The van der Waals surface area contributed by atoms with Gasteiger partial charge in [-0.25, -0.2) is 4.79 Å². The normalized spacial score (nSPS) is 11.0. The van der Waals surface area contributed by atoms with E-state index in [0.29, 0.717) is 34.7 Å². The van der Waals surface area contributed by atoms with Crippen molar-refractivity contribution < 1.29 is 37.0 Å². The Kier molecular flexibility index (Phi) is 9.63. The first-order chi connectivity index (χ1) is 19.7. The van der Waals surface area contributed by atoms with Crippen LogP contribution >= 0.6 is 0 Å². The first-order valence-electron chi connectivity index (χ1n) is 12.9. The lowest BCUT2D eigenvalue weighted by Gasteiger charge is -2.25. The molecule has 0 saturated carbocycles. The minimum atomic E-state index is -4.81. The molecule has 0 bridgehead atoms. The van der Waals surface area contributed by atoms with Crippen molar-refractivity contribution in [2.75, 3.05) is 18.6 Å². The highest BCUT2D eigenvalue weighted by Gasteiger charge is 2.31. The third-order valence-electron chi connectivity index (χ3n) is 6.19. The Morgan fingerprint density at radius 2 is 1.39 bits per heavy atom. The molecule has 212 valence electrons. The van der Waals surface area contributed by atoms with Crippen molar-refractivity contribution in [1.29, 1.82) is 0 Å². The van der Waals surface area contributed by atoms with Crippen molar-refractivity contribution in [3.05, 3.63) is 109 Å².